The van der Waals surface area contributed by atoms with E-state index in [1.807, 2.05) is 4.72 Å². The quantitative estimate of drug-likeness (QED) is 0.698. The predicted molar refractivity (Wildman–Crippen MR) is 72.0 cm³/mol. The Morgan fingerprint density at radius 2 is 1.90 bits per heavy atom. The first-order valence-electron chi connectivity index (χ1n) is 5.12. The van der Waals surface area contributed by atoms with E-state index in [4.69, 9.17) is 34.0 Å². The number of nitrogens with one attached hydrogen (secondary N) is 1. The smallest absolute Gasteiger partial charge is 0.322 e. The van der Waals surface area contributed by atoms with Crippen LogP contribution in [0.25, 0.3) is 0 Å². The van der Waals surface area contributed by atoms with Gasteiger partial charge in [0.25, 0.3) is 0 Å². The Labute approximate surface area is 124 Å². The molecule has 0 saturated carbocycles. The number of halogens is 2. The molecule has 110 valence electrons. The van der Waals surface area contributed by atoms with Gasteiger partial charge in [0.05, 0.1) is 21.4 Å². The van der Waals surface area contributed by atoms with E-state index in [0.29, 0.717) is 0 Å². The van der Waals surface area contributed by atoms with E-state index in [1.54, 1.807) is 0 Å². The van der Waals surface area contributed by atoms with Gasteiger partial charge in [-0.25, -0.2) is 8.42 Å². The molecule has 0 aliphatic carbocycles. The van der Waals surface area contributed by atoms with Crippen LogP contribution in [0.4, 0.5) is 0 Å². The average molecular weight is 341 g/mol. The molecule has 0 aliphatic heterocycles. The largest absolute Gasteiger partial charge is 0.480 e. The molecule has 10 heteroatoms. The number of carbonyl (C=O) groups is 2. The summed E-state index contributed by atoms with van der Waals surface area (Å²) in [7, 11) is -4.17. The summed E-state index contributed by atoms with van der Waals surface area (Å²) >= 11 is 11.3. The van der Waals surface area contributed by atoms with Crippen LogP contribution in [0.1, 0.15) is 6.42 Å². The maximum Gasteiger partial charge on any atom is 0.322 e. The Balaban J connectivity index is 3.06. The summed E-state index contributed by atoms with van der Waals surface area (Å²) in [5.74, 6) is -2.47. The van der Waals surface area contributed by atoms with Crippen LogP contribution in [0, 0.1) is 0 Å². The number of primary amides is 1. The molecule has 0 saturated heterocycles. The molecule has 1 rings (SSSR count). The van der Waals surface area contributed by atoms with Gasteiger partial charge >= 0.3 is 5.97 Å². The van der Waals surface area contributed by atoms with Crippen LogP contribution in [0.5, 0.6) is 0 Å². The molecule has 0 bridgehead atoms. The van der Waals surface area contributed by atoms with Crippen LogP contribution in [-0.4, -0.2) is 31.4 Å². The van der Waals surface area contributed by atoms with Crippen molar-refractivity contribution in [1.29, 1.82) is 0 Å². The predicted octanol–water partition coefficient (Wildman–Crippen LogP) is 0.600. The Morgan fingerprint density at radius 1 is 1.30 bits per heavy atom. The minimum atomic E-state index is -4.17. The number of hydrogen-bond donors (Lipinski definition) is 3. The van der Waals surface area contributed by atoms with Crippen molar-refractivity contribution in [3.05, 3.63) is 28.2 Å². The molecule has 0 radical (unpaired) electrons. The van der Waals surface area contributed by atoms with Crippen molar-refractivity contribution in [3.8, 4) is 0 Å². The Morgan fingerprint density at radius 3 is 2.35 bits per heavy atom. The lowest BCUT2D eigenvalue weighted by Gasteiger charge is -2.13. The SMILES string of the molecule is NC(=O)C[C@@H](NS(=O)(=O)c1ccc(Cl)c(Cl)c1)C(=O)O. The molecule has 0 spiro atoms. The van der Waals surface area contributed by atoms with Crippen molar-refractivity contribution in [3.63, 3.8) is 0 Å². The normalized spacial score (nSPS) is 12.9. The van der Waals surface area contributed by atoms with Gasteiger partial charge in [0.15, 0.2) is 0 Å². The van der Waals surface area contributed by atoms with E-state index in [1.165, 1.54) is 6.07 Å². The number of carbonyl (C=O) groups excluding carboxylic acids is 1. The van der Waals surface area contributed by atoms with E-state index in [0.717, 1.165) is 12.1 Å². The van der Waals surface area contributed by atoms with Gasteiger partial charge in [-0.3, -0.25) is 9.59 Å². The Kier molecular flexibility index (Phi) is 5.35. The fourth-order valence-corrected chi connectivity index (χ4v) is 2.86. The lowest BCUT2D eigenvalue weighted by atomic mass is 10.2. The van der Waals surface area contributed by atoms with Gasteiger partial charge in [0.2, 0.25) is 15.9 Å². The van der Waals surface area contributed by atoms with Crippen molar-refractivity contribution in [2.24, 2.45) is 5.73 Å². The zero-order valence-electron chi connectivity index (χ0n) is 9.84. The number of nitrogens with two attached hydrogens (primary N) is 1. The second-order valence-electron chi connectivity index (χ2n) is 3.76. The summed E-state index contributed by atoms with van der Waals surface area (Å²) in [6, 6.07) is 1.81. The second-order valence-corrected chi connectivity index (χ2v) is 6.29. The molecule has 20 heavy (non-hydrogen) atoms. The standard InChI is InChI=1S/C10H10Cl2N2O5S/c11-6-2-1-5(3-7(6)12)20(18,19)14-8(10(16)17)4-9(13)15/h1-3,8,14H,4H2,(H2,13,15)(H,16,17)/t8-/m1/s1. The van der Waals surface area contributed by atoms with E-state index >= 15 is 0 Å². The number of hydrogen-bond acceptors (Lipinski definition) is 4. The zero-order valence-corrected chi connectivity index (χ0v) is 12.2. The van der Waals surface area contributed by atoms with Gasteiger partial charge in [-0.15, -0.1) is 0 Å². The van der Waals surface area contributed by atoms with Crippen molar-refractivity contribution in [2.75, 3.05) is 0 Å². The van der Waals surface area contributed by atoms with E-state index < -0.39 is 34.4 Å². The summed E-state index contributed by atoms with van der Waals surface area (Å²) in [5.41, 5.74) is 4.86. The third-order valence-corrected chi connectivity index (χ3v) is 4.41. The summed E-state index contributed by atoms with van der Waals surface area (Å²) in [5, 5.41) is 9.00. The minimum absolute atomic E-state index is 0.00341. The number of carboxylic acid groups (broad SMARTS) is 1. The Bertz CT molecular complexity index is 647. The first-order chi connectivity index (χ1) is 9.13. The van der Waals surface area contributed by atoms with Gasteiger partial charge in [-0.1, -0.05) is 23.2 Å². The highest BCUT2D eigenvalue weighted by Crippen LogP contribution is 2.24. The monoisotopic (exact) mass is 340 g/mol. The van der Waals surface area contributed by atoms with E-state index in [2.05, 4.69) is 0 Å². The van der Waals surface area contributed by atoms with Crippen LogP contribution in [-0.2, 0) is 19.6 Å². The molecule has 0 heterocycles. The van der Waals surface area contributed by atoms with Crippen LogP contribution in [0.3, 0.4) is 0 Å². The summed E-state index contributed by atoms with van der Waals surface area (Å²) in [6.07, 6.45) is -0.671. The zero-order chi connectivity index (χ0) is 15.5. The molecular formula is C10H10Cl2N2O5S. The van der Waals surface area contributed by atoms with Gasteiger partial charge in [-0.2, -0.15) is 4.72 Å². The number of rotatable bonds is 6. The average Bonchev–Trinajstić information content (AvgIpc) is 2.30. The first kappa shape index (κ1) is 16.7. The summed E-state index contributed by atoms with van der Waals surface area (Å²) in [4.78, 5) is 21.3. The van der Waals surface area contributed by atoms with E-state index in [-0.39, 0.29) is 14.9 Å². The molecule has 7 nitrogen and oxygen atoms in total. The van der Waals surface area contributed by atoms with Crippen LogP contribution >= 0.6 is 23.2 Å². The third kappa shape index (κ3) is 4.34. The molecule has 1 amide bonds. The second kappa shape index (κ2) is 6.40. The highest BCUT2D eigenvalue weighted by Gasteiger charge is 2.27. The highest BCUT2D eigenvalue weighted by molar-refractivity contribution is 7.89. The highest BCUT2D eigenvalue weighted by atomic mass is 35.5. The van der Waals surface area contributed by atoms with Crippen LogP contribution in [0.15, 0.2) is 23.1 Å². The Hall–Kier alpha value is -1.35. The van der Waals surface area contributed by atoms with Gasteiger partial charge < -0.3 is 10.8 Å². The number of sulfonamides is 1. The number of aliphatic carboxylic acids is 1. The van der Waals surface area contributed by atoms with Gasteiger partial charge in [0, 0.05) is 0 Å². The maximum absolute atomic E-state index is 12.0. The first-order valence-corrected chi connectivity index (χ1v) is 7.36. The van der Waals surface area contributed by atoms with Crippen LogP contribution in [0.2, 0.25) is 10.0 Å². The molecule has 0 fully saturated rings. The van der Waals surface area contributed by atoms with E-state index in [9.17, 15) is 18.0 Å². The lowest BCUT2D eigenvalue weighted by Crippen LogP contribution is -2.43. The third-order valence-electron chi connectivity index (χ3n) is 2.20. The molecule has 0 aliphatic rings. The van der Waals surface area contributed by atoms with Crippen molar-refractivity contribution < 1.29 is 23.1 Å². The topological polar surface area (TPSA) is 127 Å². The maximum atomic E-state index is 12.0. The van der Waals surface area contributed by atoms with Crippen molar-refractivity contribution in [2.45, 2.75) is 17.4 Å². The number of carboxylic acids is 1. The molecule has 1 atom stereocenters. The lowest BCUT2D eigenvalue weighted by molar-refractivity contribution is -0.140. The summed E-state index contributed by atoms with van der Waals surface area (Å²) < 4.78 is 25.8. The number of benzene rings is 1. The fraction of sp³-hybridized carbons (Fsp3) is 0.200. The van der Waals surface area contributed by atoms with Gasteiger partial charge in [-0.05, 0) is 18.2 Å². The molecule has 0 unspecified atom stereocenters. The molecule has 1 aromatic carbocycles. The summed E-state index contributed by atoms with van der Waals surface area (Å²) in [6.45, 7) is 0. The number of amides is 1. The molecule has 4 N–H and O–H groups in total. The van der Waals surface area contributed by atoms with Gasteiger partial charge in [0.1, 0.15) is 6.04 Å². The molecular weight excluding hydrogens is 331 g/mol. The minimum Gasteiger partial charge on any atom is -0.480 e. The van der Waals surface area contributed by atoms with Crippen molar-refractivity contribution in [1.82, 2.24) is 4.72 Å². The van der Waals surface area contributed by atoms with Crippen molar-refractivity contribution >= 4 is 45.1 Å². The van der Waals surface area contributed by atoms with Crippen LogP contribution < -0.4 is 10.5 Å². The fourth-order valence-electron chi connectivity index (χ4n) is 1.28. The molecule has 1 aromatic rings. The molecule has 0 aromatic heterocycles.